The molecule has 0 saturated heterocycles. The molecule has 0 atom stereocenters. The summed E-state index contributed by atoms with van der Waals surface area (Å²) < 4.78 is 22.4. The summed E-state index contributed by atoms with van der Waals surface area (Å²) in [6.07, 6.45) is 1.40. The number of furan rings is 1. The van der Waals surface area contributed by atoms with Gasteiger partial charge >= 0.3 is 5.97 Å². The van der Waals surface area contributed by atoms with E-state index in [2.05, 4.69) is 0 Å². The van der Waals surface area contributed by atoms with Crippen LogP contribution in [0.5, 0.6) is 0 Å². The van der Waals surface area contributed by atoms with E-state index in [1.165, 1.54) is 24.5 Å². The Kier molecular flexibility index (Phi) is 3.00. The van der Waals surface area contributed by atoms with Crippen molar-refractivity contribution in [3.63, 3.8) is 0 Å². The van der Waals surface area contributed by atoms with E-state index in [9.17, 15) is 9.18 Å². The number of hydrogen-bond donors (Lipinski definition) is 0. The Morgan fingerprint density at radius 2 is 2.00 bits per heavy atom. The zero-order valence-corrected chi connectivity index (χ0v) is 8.35. The second-order valence-corrected chi connectivity index (χ2v) is 3.18. The SMILES string of the molecule is O=C(OCc1ccc(F)cc1)c1ccco1. The van der Waals surface area contributed by atoms with Crippen molar-refractivity contribution in [2.45, 2.75) is 6.61 Å². The summed E-state index contributed by atoms with van der Waals surface area (Å²) in [6, 6.07) is 8.88. The molecule has 0 aliphatic heterocycles. The Hall–Kier alpha value is -2.10. The highest BCUT2D eigenvalue weighted by Gasteiger charge is 2.09. The largest absolute Gasteiger partial charge is 0.457 e. The van der Waals surface area contributed by atoms with E-state index in [4.69, 9.17) is 9.15 Å². The summed E-state index contributed by atoms with van der Waals surface area (Å²) >= 11 is 0. The highest BCUT2D eigenvalue weighted by Crippen LogP contribution is 2.07. The number of halogens is 1. The molecule has 82 valence electrons. The van der Waals surface area contributed by atoms with Gasteiger partial charge in [-0.15, -0.1) is 0 Å². The molecule has 1 heterocycles. The van der Waals surface area contributed by atoms with Crippen LogP contribution in [0.4, 0.5) is 4.39 Å². The maximum absolute atomic E-state index is 12.6. The van der Waals surface area contributed by atoms with Crippen molar-refractivity contribution in [1.29, 1.82) is 0 Å². The summed E-state index contributed by atoms with van der Waals surface area (Å²) in [6.45, 7) is 0.0970. The standard InChI is InChI=1S/C12H9FO3/c13-10-5-3-9(4-6-10)8-16-12(14)11-2-1-7-15-11/h1-7H,8H2. The summed E-state index contributed by atoms with van der Waals surface area (Å²) in [5.74, 6) is -0.697. The molecule has 0 amide bonds. The lowest BCUT2D eigenvalue weighted by Crippen LogP contribution is -2.03. The fourth-order valence-electron chi connectivity index (χ4n) is 1.20. The first-order valence-electron chi connectivity index (χ1n) is 4.71. The molecule has 0 spiro atoms. The molecule has 0 N–H and O–H groups in total. The van der Waals surface area contributed by atoms with E-state index < -0.39 is 5.97 Å². The van der Waals surface area contributed by atoms with Gasteiger partial charge in [0.1, 0.15) is 12.4 Å². The Bertz CT molecular complexity index is 460. The first-order valence-corrected chi connectivity index (χ1v) is 4.71. The highest BCUT2D eigenvalue weighted by atomic mass is 19.1. The average Bonchev–Trinajstić information content (AvgIpc) is 2.81. The average molecular weight is 220 g/mol. The minimum atomic E-state index is -0.533. The van der Waals surface area contributed by atoms with Gasteiger partial charge in [0.15, 0.2) is 0 Å². The van der Waals surface area contributed by atoms with Gasteiger partial charge < -0.3 is 9.15 Å². The quantitative estimate of drug-likeness (QED) is 0.746. The van der Waals surface area contributed by atoms with Crippen LogP contribution in [-0.4, -0.2) is 5.97 Å². The molecule has 1 aromatic heterocycles. The number of carbonyl (C=O) groups is 1. The van der Waals surface area contributed by atoms with Gasteiger partial charge in [-0.1, -0.05) is 12.1 Å². The molecule has 0 bridgehead atoms. The van der Waals surface area contributed by atoms with Crippen molar-refractivity contribution < 1.29 is 18.3 Å². The normalized spacial score (nSPS) is 10.1. The van der Waals surface area contributed by atoms with E-state index in [0.29, 0.717) is 0 Å². The fourth-order valence-corrected chi connectivity index (χ4v) is 1.20. The van der Waals surface area contributed by atoms with Gasteiger partial charge in [-0.05, 0) is 29.8 Å². The number of carbonyl (C=O) groups excluding carboxylic acids is 1. The van der Waals surface area contributed by atoms with Crippen LogP contribution in [0.15, 0.2) is 47.1 Å². The van der Waals surface area contributed by atoms with Crippen molar-refractivity contribution in [2.75, 3.05) is 0 Å². The van der Waals surface area contributed by atoms with Gasteiger partial charge in [-0.25, -0.2) is 9.18 Å². The van der Waals surface area contributed by atoms with Gasteiger partial charge in [-0.2, -0.15) is 0 Å². The predicted octanol–water partition coefficient (Wildman–Crippen LogP) is 2.78. The number of ether oxygens (including phenoxy) is 1. The topological polar surface area (TPSA) is 39.4 Å². The van der Waals surface area contributed by atoms with Crippen molar-refractivity contribution in [1.82, 2.24) is 0 Å². The zero-order valence-electron chi connectivity index (χ0n) is 8.35. The molecule has 0 radical (unpaired) electrons. The second kappa shape index (κ2) is 4.61. The van der Waals surface area contributed by atoms with Crippen LogP contribution in [0.1, 0.15) is 16.1 Å². The number of rotatable bonds is 3. The van der Waals surface area contributed by atoms with Crippen LogP contribution in [0.2, 0.25) is 0 Å². The first-order chi connectivity index (χ1) is 7.75. The van der Waals surface area contributed by atoms with Crippen LogP contribution < -0.4 is 0 Å². The lowest BCUT2D eigenvalue weighted by Gasteiger charge is -2.02. The summed E-state index contributed by atoms with van der Waals surface area (Å²) in [5.41, 5.74) is 0.723. The third kappa shape index (κ3) is 2.48. The number of hydrogen-bond acceptors (Lipinski definition) is 3. The maximum atomic E-state index is 12.6. The van der Waals surface area contributed by atoms with Crippen molar-refractivity contribution >= 4 is 5.97 Å². The van der Waals surface area contributed by atoms with Crippen molar-refractivity contribution in [3.8, 4) is 0 Å². The summed E-state index contributed by atoms with van der Waals surface area (Å²) in [7, 11) is 0. The number of benzene rings is 1. The minimum Gasteiger partial charge on any atom is -0.457 e. The van der Waals surface area contributed by atoms with Crippen LogP contribution >= 0.6 is 0 Å². The van der Waals surface area contributed by atoms with Crippen molar-refractivity contribution in [3.05, 3.63) is 59.8 Å². The molecule has 4 heteroatoms. The molecular weight excluding hydrogens is 211 g/mol. The molecular formula is C12H9FO3. The summed E-state index contributed by atoms with van der Waals surface area (Å²) in [4.78, 5) is 11.4. The lowest BCUT2D eigenvalue weighted by molar-refractivity contribution is 0.0436. The fraction of sp³-hybridized carbons (Fsp3) is 0.0833. The van der Waals surface area contributed by atoms with E-state index in [-0.39, 0.29) is 18.2 Å². The Morgan fingerprint density at radius 1 is 1.25 bits per heavy atom. The van der Waals surface area contributed by atoms with E-state index in [1.54, 1.807) is 18.2 Å². The second-order valence-electron chi connectivity index (χ2n) is 3.18. The molecule has 0 saturated carbocycles. The van der Waals surface area contributed by atoms with Crippen LogP contribution in [0, 0.1) is 5.82 Å². The maximum Gasteiger partial charge on any atom is 0.374 e. The molecule has 0 unspecified atom stereocenters. The molecule has 0 fully saturated rings. The number of esters is 1. The lowest BCUT2D eigenvalue weighted by atomic mass is 10.2. The molecule has 16 heavy (non-hydrogen) atoms. The van der Waals surface area contributed by atoms with E-state index in [0.717, 1.165) is 5.56 Å². The van der Waals surface area contributed by atoms with Crippen LogP contribution in [0.25, 0.3) is 0 Å². The molecule has 0 aliphatic rings. The van der Waals surface area contributed by atoms with Crippen LogP contribution in [-0.2, 0) is 11.3 Å². The smallest absolute Gasteiger partial charge is 0.374 e. The van der Waals surface area contributed by atoms with E-state index >= 15 is 0 Å². The molecule has 0 aliphatic carbocycles. The molecule has 2 rings (SSSR count). The monoisotopic (exact) mass is 220 g/mol. The van der Waals surface area contributed by atoms with Gasteiger partial charge in [0.25, 0.3) is 0 Å². The van der Waals surface area contributed by atoms with Gasteiger partial charge in [0.05, 0.1) is 6.26 Å². The Labute approximate surface area is 91.5 Å². The third-order valence-corrected chi connectivity index (χ3v) is 2.01. The highest BCUT2D eigenvalue weighted by molar-refractivity contribution is 5.86. The van der Waals surface area contributed by atoms with Crippen LogP contribution in [0.3, 0.4) is 0 Å². The Balaban J connectivity index is 1.93. The zero-order chi connectivity index (χ0) is 11.4. The first kappa shape index (κ1) is 10.4. The summed E-state index contributed by atoms with van der Waals surface area (Å²) in [5, 5.41) is 0. The molecule has 1 aromatic carbocycles. The Morgan fingerprint density at radius 3 is 2.62 bits per heavy atom. The predicted molar refractivity (Wildman–Crippen MR) is 54.2 cm³/mol. The van der Waals surface area contributed by atoms with Gasteiger partial charge in [-0.3, -0.25) is 0 Å². The molecule has 3 nitrogen and oxygen atoms in total. The minimum absolute atomic E-state index is 0.0970. The van der Waals surface area contributed by atoms with E-state index in [1.807, 2.05) is 0 Å². The molecule has 2 aromatic rings. The van der Waals surface area contributed by atoms with Gasteiger partial charge in [0, 0.05) is 0 Å². The van der Waals surface area contributed by atoms with Crippen molar-refractivity contribution in [2.24, 2.45) is 0 Å². The van der Waals surface area contributed by atoms with Gasteiger partial charge in [0.2, 0.25) is 5.76 Å². The third-order valence-electron chi connectivity index (χ3n) is 2.01.